The van der Waals surface area contributed by atoms with Crippen molar-refractivity contribution in [2.24, 2.45) is 0 Å². The molecule has 3 fully saturated rings. The van der Waals surface area contributed by atoms with Gasteiger partial charge < -0.3 is 24.0 Å². The summed E-state index contributed by atoms with van der Waals surface area (Å²) in [6, 6.07) is 18.1. The lowest BCUT2D eigenvalue weighted by Crippen LogP contribution is -2.50. The average Bonchev–Trinajstić information content (AvgIpc) is 3.78. The number of anilines is 1. The molecule has 2 amide bonds. The summed E-state index contributed by atoms with van der Waals surface area (Å²) in [5, 5.41) is 1.69. The summed E-state index contributed by atoms with van der Waals surface area (Å²) in [5.74, 6) is 0.513. The Kier molecular flexibility index (Phi) is 12.0. The first-order valence-electron chi connectivity index (χ1n) is 19.6. The number of rotatable bonds is 12. The molecule has 8 nitrogen and oxygen atoms in total. The van der Waals surface area contributed by atoms with E-state index in [2.05, 4.69) is 41.3 Å². The van der Waals surface area contributed by atoms with Crippen molar-refractivity contribution in [2.45, 2.75) is 115 Å². The van der Waals surface area contributed by atoms with Gasteiger partial charge in [0.05, 0.1) is 22.6 Å². The van der Waals surface area contributed by atoms with Crippen molar-refractivity contribution >= 4 is 58.1 Å². The van der Waals surface area contributed by atoms with Gasteiger partial charge in [0.2, 0.25) is 0 Å². The van der Waals surface area contributed by atoms with E-state index in [4.69, 9.17) is 49.0 Å². The number of hydrogen-bond donors (Lipinski definition) is 0. The third kappa shape index (κ3) is 9.09. The molecule has 3 aromatic rings. The van der Waals surface area contributed by atoms with Gasteiger partial charge in [-0.2, -0.15) is 0 Å². The maximum absolute atomic E-state index is 15.1. The van der Waals surface area contributed by atoms with Crippen molar-refractivity contribution in [3.8, 4) is 5.75 Å². The molecule has 3 atom stereocenters. The number of fused-ring (bicyclic) bond motifs is 2. The van der Waals surface area contributed by atoms with Crippen LogP contribution in [-0.2, 0) is 27.2 Å². The Labute approximate surface area is 340 Å². The Morgan fingerprint density at radius 1 is 0.909 bits per heavy atom. The number of amides is 2. The normalized spacial score (nSPS) is 21.0. The van der Waals surface area contributed by atoms with Gasteiger partial charge in [0.25, 0.3) is 5.91 Å². The largest absolute Gasteiger partial charge is 0.485 e. The fourth-order valence-electron chi connectivity index (χ4n) is 8.36. The Bertz CT molecular complexity index is 1920. The van der Waals surface area contributed by atoms with Crippen LogP contribution < -0.4 is 9.64 Å². The third-order valence-electron chi connectivity index (χ3n) is 11.1. The minimum atomic E-state index is -0.649. The fourth-order valence-corrected chi connectivity index (χ4v) is 9.23. The van der Waals surface area contributed by atoms with Crippen LogP contribution in [0.15, 0.2) is 60.2 Å². The Hall–Kier alpha value is -3.43. The average molecular weight is 809 g/mol. The summed E-state index contributed by atoms with van der Waals surface area (Å²) < 4.78 is 17.5. The number of hydrogen-bond acceptors (Lipinski definition) is 6. The van der Waals surface area contributed by atoms with Crippen LogP contribution in [0.3, 0.4) is 0 Å². The van der Waals surface area contributed by atoms with Gasteiger partial charge in [-0.15, -0.1) is 0 Å². The van der Waals surface area contributed by atoms with Crippen molar-refractivity contribution in [1.82, 2.24) is 9.80 Å². The van der Waals surface area contributed by atoms with Crippen LogP contribution in [-0.4, -0.2) is 78.4 Å². The molecule has 0 aromatic heterocycles. The molecule has 55 heavy (non-hydrogen) atoms. The Morgan fingerprint density at radius 2 is 1.64 bits per heavy atom. The number of methoxy groups -OCH3 is 1. The lowest BCUT2D eigenvalue weighted by Gasteiger charge is -2.39. The fraction of sp³-hybridized carbons (Fsp3) is 0.500. The highest BCUT2D eigenvalue weighted by atomic mass is 35.5. The van der Waals surface area contributed by atoms with Crippen LogP contribution in [0.2, 0.25) is 15.1 Å². The molecular weight excluding hydrogens is 757 g/mol. The number of nitrogens with zero attached hydrogens (tertiary/aromatic N) is 3. The van der Waals surface area contributed by atoms with E-state index in [1.165, 1.54) is 5.56 Å². The topological polar surface area (TPSA) is 71.6 Å². The van der Waals surface area contributed by atoms with Crippen LogP contribution in [0.25, 0.3) is 5.57 Å². The van der Waals surface area contributed by atoms with E-state index < -0.39 is 5.60 Å². The maximum Gasteiger partial charge on any atom is 0.411 e. The molecule has 11 heteroatoms. The summed E-state index contributed by atoms with van der Waals surface area (Å²) >= 11 is 19.8. The standard InChI is InChI=1S/C44H52Cl3N3O5/c1-27-21-37(46)41(38(47)22-27)54-34-18-19-48(26-34)31-11-9-29(10-12-31)35-24-33-15-17-39(50(33)43(52)55-44(2,3)4)40(35)42(51)49(32-13-14-32)25-30-23-28(7-6-20-53-5)8-16-36(30)45/h8-12,16,21-23,32-34,39H,6-7,13-15,17-20,24-26H2,1-5H3/t33-,34+,39+/m0/s1. The zero-order valence-electron chi connectivity index (χ0n) is 32.5. The van der Waals surface area contributed by atoms with E-state index in [1.807, 2.05) is 55.7 Å². The maximum atomic E-state index is 15.1. The first-order chi connectivity index (χ1) is 26.3. The molecule has 0 radical (unpaired) electrons. The van der Waals surface area contributed by atoms with Gasteiger partial charge in [-0.05, 0) is 131 Å². The van der Waals surface area contributed by atoms with Crippen LogP contribution >= 0.6 is 34.8 Å². The molecule has 0 unspecified atom stereocenters. The zero-order chi connectivity index (χ0) is 39.0. The highest BCUT2D eigenvalue weighted by molar-refractivity contribution is 6.37. The van der Waals surface area contributed by atoms with Crippen molar-refractivity contribution in [1.29, 1.82) is 0 Å². The number of halogens is 3. The first-order valence-corrected chi connectivity index (χ1v) is 20.7. The van der Waals surface area contributed by atoms with Crippen molar-refractivity contribution in [2.75, 3.05) is 31.7 Å². The molecular formula is C44H52Cl3N3O5. The van der Waals surface area contributed by atoms with Crippen molar-refractivity contribution < 1.29 is 23.8 Å². The van der Waals surface area contributed by atoms with E-state index in [-0.39, 0.29) is 36.2 Å². The molecule has 0 spiro atoms. The molecule has 1 aliphatic carbocycles. The molecule has 3 heterocycles. The van der Waals surface area contributed by atoms with Gasteiger partial charge in [0.15, 0.2) is 5.75 Å². The van der Waals surface area contributed by atoms with E-state index >= 15 is 4.79 Å². The molecule has 294 valence electrons. The quantitative estimate of drug-likeness (QED) is 0.170. The molecule has 1 saturated carbocycles. The Morgan fingerprint density at radius 3 is 2.31 bits per heavy atom. The molecule has 7 rings (SSSR count). The predicted molar refractivity (Wildman–Crippen MR) is 221 cm³/mol. The summed E-state index contributed by atoms with van der Waals surface area (Å²) in [7, 11) is 1.71. The molecule has 0 N–H and O–H groups in total. The second-order valence-corrected chi connectivity index (χ2v) is 17.7. The number of carbonyl (C=O) groups is 2. The van der Waals surface area contributed by atoms with Gasteiger partial charge in [-0.1, -0.05) is 59.1 Å². The monoisotopic (exact) mass is 807 g/mol. The highest BCUT2D eigenvalue weighted by Gasteiger charge is 2.49. The number of carbonyl (C=O) groups excluding carboxylic acids is 2. The summed E-state index contributed by atoms with van der Waals surface area (Å²) in [5.41, 5.74) is 6.25. The molecule has 4 aliphatic rings. The number of aryl methyl sites for hydroxylation is 2. The SMILES string of the molecule is COCCCc1ccc(Cl)c(CN(C(=O)C2=C(c3ccc(N4CC[C@@H](Oc5c(Cl)cc(C)cc5Cl)C4)cc3)C[C@@H]3CC[C@H]2N3C(=O)OC(C)(C)C)C2CC2)c1. The van der Waals surface area contributed by atoms with Gasteiger partial charge in [-0.3, -0.25) is 9.69 Å². The second kappa shape index (κ2) is 16.6. The summed E-state index contributed by atoms with van der Waals surface area (Å²) in [4.78, 5) is 35.1. The van der Waals surface area contributed by atoms with Crippen LogP contribution in [0.5, 0.6) is 5.75 Å². The molecule has 2 saturated heterocycles. The predicted octanol–water partition coefficient (Wildman–Crippen LogP) is 10.3. The van der Waals surface area contributed by atoms with E-state index in [0.29, 0.717) is 58.9 Å². The van der Waals surface area contributed by atoms with Crippen molar-refractivity contribution in [3.05, 3.63) is 97.5 Å². The number of ether oxygens (including phenoxy) is 3. The smallest absolute Gasteiger partial charge is 0.411 e. The van der Waals surface area contributed by atoms with Gasteiger partial charge in [0, 0.05) is 61.6 Å². The van der Waals surface area contributed by atoms with Gasteiger partial charge >= 0.3 is 6.09 Å². The van der Waals surface area contributed by atoms with Crippen LogP contribution in [0, 0.1) is 6.92 Å². The molecule has 3 aromatic carbocycles. The van der Waals surface area contributed by atoms with E-state index in [1.54, 1.807) is 7.11 Å². The summed E-state index contributed by atoms with van der Waals surface area (Å²) in [6.07, 6.45) is 6.21. The lowest BCUT2D eigenvalue weighted by molar-refractivity contribution is -0.129. The molecule has 3 aliphatic heterocycles. The minimum Gasteiger partial charge on any atom is -0.485 e. The first kappa shape index (κ1) is 39.8. The highest BCUT2D eigenvalue weighted by Crippen LogP contribution is 2.46. The third-order valence-corrected chi connectivity index (χ3v) is 12.0. The van der Waals surface area contributed by atoms with E-state index in [0.717, 1.165) is 73.0 Å². The van der Waals surface area contributed by atoms with E-state index in [9.17, 15) is 4.79 Å². The van der Waals surface area contributed by atoms with Gasteiger partial charge in [-0.25, -0.2) is 4.79 Å². The van der Waals surface area contributed by atoms with Crippen molar-refractivity contribution in [3.63, 3.8) is 0 Å². The number of benzene rings is 3. The zero-order valence-corrected chi connectivity index (χ0v) is 34.8. The van der Waals surface area contributed by atoms with Gasteiger partial charge in [0.1, 0.15) is 11.7 Å². The molecule has 2 bridgehead atoms. The van der Waals surface area contributed by atoms with Crippen LogP contribution in [0.4, 0.5) is 10.5 Å². The summed E-state index contributed by atoms with van der Waals surface area (Å²) in [6.45, 7) is 10.2. The minimum absolute atomic E-state index is 0.0192. The lowest BCUT2D eigenvalue weighted by atomic mass is 9.87. The second-order valence-electron chi connectivity index (χ2n) is 16.5. The Balaban J connectivity index is 1.17. The van der Waals surface area contributed by atoms with Crippen LogP contribution in [0.1, 0.15) is 88.0 Å².